The van der Waals surface area contributed by atoms with Crippen LogP contribution < -0.4 is 15.5 Å². The van der Waals surface area contributed by atoms with Gasteiger partial charge in [-0.3, -0.25) is 9.59 Å². The van der Waals surface area contributed by atoms with Gasteiger partial charge >= 0.3 is 0 Å². The van der Waals surface area contributed by atoms with E-state index in [1.807, 2.05) is 0 Å². The highest BCUT2D eigenvalue weighted by Gasteiger charge is 2.22. The average molecular weight is 319 g/mol. The van der Waals surface area contributed by atoms with E-state index in [9.17, 15) is 9.59 Å². The molecule has 1 aliphatic rings. The fraction of sp³-hybridized carbons (Fsp3) is 0.0714. The highest BCUT2D eigenvalue weighted by molar-refractivity contribution is 8.26. The Hall–Kier alpha value is -2.12. The van der Waals surface area contributed by atoms with Crippen molar-refractivity contribution in [2.45, 2.75) is 0 Å². The molecule has 2 aromatic rings. The number of ether oxygens (including phenoxy) is 1. The molecule has 0 atom stereocenters. The molecule has 2 heterocycles. The Kier molecular flexibility index (Phi) is 3.52. The summed E-state index contributed by atoms with van der Waals surface area (Å²) < 4.78 is 10.9. The molecule has 0 saturated carbocycles. The van der Waals surface area contributed by atoms with Crippen LogP contribution in [0, 0.1) is 0 Å². The molecular formula is C14H9NO4S2. The lowest BCUT2D eigenvalue weighted by Crippen LogP contribution is -2.17. The Morgan fingerprint density at radius 2 is 2.19 bits per heavy atom. The standard InChI is InChI=1S/C14H9NO4S2/c1-18-8-2-3-9-10(5-8)19-6-7(12(9)16)4-11-13(17)15-14(20)21-11/h2-6H,1H3,(H,15,17,20)/b11-4-. The average Bonchev–Trinajstić information content (AvgIpc) is 2.79. The Labute approximate surface area is 129 Å². The molecule has 1 amide bonds. The molecule has 1 aliphatic heterocycles. The molecule has 1 N–H and O–H groups in total. The predicted octanol–water partition coefficient (Wildman–Crippen LogP) is 2.29. The summed E-state index contributed by atoms with van der Waals surface area (Å²) in [7, 11) is 1.54. The topological polar surface area (TPSA) is 68.5 Å². The fourth-order valence-electron chi connectivity index (χ4n) is 1.91. The van der Waals surface area contributed by atoms with E-state index in [0.717, 1.165) is 11.8 Å². The smallest absolute Gasteiger partial charge is 0.263 e. The molecule has 1 aromatic heterocycles. The molecular weight excluding hydrogens is 310 g/mol. The van der Waals surface area contributed by atoms with E-state index < -0.39 is 0 Å². The van der Waals surface area contributed by atoms with E-state index in [2.05, 4.69) is 5.32 Å². The van der Waals surface area contributed by atoms with Gasteiger partial charge in [0, 0.05) is 6.07 Å². The normalized spacial score (nSPS) is 16.5. The highest BCUT2D eigenvalue weighted by Crippen LogP contribution is 2.26. The van der Waals surface area contributed by atoms with Crippen molar-refractivity contribution in [3.05, 3.63) is 45.2 Å². The zero-order valence-electron chi connectivity index (χ0n) is 10.8. The fourth-order valence-corrected chi connectivity index (χ4v) is 2.95. The molecule has 1 saturated heterocycles. The molecule has 1 fully saturated rings. The molecule has 7 heteroatoms. The summed E-state index contributed by atoms with van der Waals surface area (Å²) in [4.78, 5) is 24.4. The number of carbonyl (C=O) groups is 1. The maximum Gasteiger partial charge on any atom is 0.263 e. The van der Waals surface area contributed by atoms with Gasteiger partial charge < -0.3 is 14.5 Å². The number of carbonyl (C=O) groups excluding carboxylic acids is 1. The summed E-state index contributed by atoms with van der Waals surface area (Å²) in [6.45, 7) is 0. The zero-order valence-corrected chi connectivity index (χ0v) is 12.5. The van der Waals surface area contributed by atoms with Gasteiger partial charge in [-0.1, -0.05) is 24.0 Å². The van der Waals surface area contributed by atoms with Crippen LogP contribution in [-0.4, -0.2) is 17.3 Å². The SMILES string of the molecule is COc1ccc2c(=O)c(/C=C3\SC(=S)NC3=O)coc2c1. The van der Waals surface area contributed by atoms with Crippen LogP contribution in [0.1, 0.15) is 5.56 Å². The molecule has 0 radical (unpaired) electrons. The van der Waals surface area contributed by atoms with E-state index in [-0.39, 0.29) is 11.3 Å². The van der Waals surface area contributed by atoms with Crippen molar-refractivity contribution in [1.82, 2.24) is 5.32 Å². The minimum Gasteiger partial charge on any atom is -0.497 e. The van der Waals surface area contributed by atoms with Crippen molar-refractivity contribution in [3.8, 4) is 5.75 Å². The lowest BCUT2D eigenvalue weighted by Gasteiger charge is -2.02. The lowest BCUT2D eigenvalue weighted by atomic mass is 10.1. The van der Waals surface area contributed by atoms with Gasteiger partial charge in [-0.05, 0) is 18.2 Å². The molecule has 0 bridgehead atoms. The first kappa shape index (κ1) is 13.8. The zero-order chi connectivity index (χ0) is 15.0. The first-order chi connectivity index (χ1) is 10.1. The summed E-state index contributed by atoms with van der Waals surface area (Å²) >= 11 is 6.02. The minimum absolute atomic E-state index is 0.211. The van der Waals surface area contributed by atoms with Crippen molar-refractivity contribution in [1.29, 1.82) is 0 Å². The Morgan fingerprint density at radius 3 is 2.86 bits per heavy atom. The molecule has 3 rings (SSSR count). The molecule has 1 aromatic carbocycles. The molecule has 5 nitrogen and oxygen atoms in total. The van der Waals surface area contributed by atoms with Gasteiger partial charge in [-0.25, -0.2) is 0 Å². The number of hydrogen-bond donors (Lipinski definition) is 1. The van der Waals surface area contributed by atoms with Crippen LogP contribution in [0.15, 0.2) is 38.6 Å². The summed E-state index contributed by atoms with van der Waals surface area (Å²) in [5.74, 6) is 0.298. The first-order valence-corrected chi connectivity index (χ1v) is 7.15. The van der Waals surface area contributed by atoms with Crippen molar-refractivity contribution in [3.63, 3.8) is 0 Å². The van der Waals surface area contributed by atoms with Gasteiger partial charge in [-0.15, -0.1) is 0 Å². The van der Waals surface area contributed by atoms with Gasteiger partial charge in [0.15, 0.2) is 5.43 Å². The third kappa shape index (κ3) is 2.57. The van der Waals surface area contributed by atoms with Gasteiger partial charge in [0.25, 0.3) is 5.91 Å². The van der Waals surface area contributed by atoms with Crippen molar-refractivity contribution < 1.29 is 13.9 Å². The van der Waals surface area contributed by atoms with Crippen LogP contribution in [0.4, 0.5) is 0 Å². The second-order valence-electron chi connectivity index (χ2n) is 4.23. The van der Waals surface area contributed by atoms with Crippen LogP contribution in [0.3, 0.4) is 0 Å². The van der Waals surface area contributed by atoms with Crippen molar-refractivity contribution in [2.75, 3.05) is 7.11 Å². The van der Waals surface area contributed by atoms with E-state index in [0.29, 0.717) is 31.5 Å². The number of fused-ring (bicyclic) bond motifs is 1. The quantitative estimate of drug-likeness (QED) is 0.676. The number of thiocarbonyl (C=S) groups is 1. The third-order valence-electron chi connectivity index (χ3n) is 2.94. The summed E-state index contributed by atoms with van der Waals surface area (Å²) in [5, 5.41) is 2.92. The summed E-state index contributed by atoms with van der Waals surface area (Å²) in [6.07, 6.45) is 2.81. The largest absolute Gasteiger partial charge is 0.497 e. The van der Waals surface area contributed by atoms with Crippen LogP contribution in [0.25, 0.3) is 17.0 Å². The summed E-state index contributed by atoms with van der Waals surface area (Å²) in [5.41, 5.74) is 0.521. The summed E-state index contributed by atoms with van der Waals surface area (Å²) in [6, 6.07) is 4.96. The molecule has 106 valence electrons. The van der Waals surface area contributed by atoms with Crippen LogP contribution in [0.2, 0.25) is 0 Å². The number of amides is 1. The van der Waals surface area contributed by atoms with Crippen LogP contribution in [0.5, 0.6) is 5.75 Å². The van der Waals surface area contributed by atoms with Gasteiger partial charge in [0.05, 0.1) is 23.0 Å². The number of thioether (sulfide) groups is 1. The highest BCUT2D eigenvalue weighted by atomic mass is 32.2. The minimum atomic E-state index is -0.306. The number of methoxy groups -OCH3 is 1. The van der Waals surface area contributed by atoms with E-state index in [1.54, 1.807) is 18.2 Å². The first-order valence-electron chi connectivity index (χ1n) is 5.93. The number of hydrogen-bond acceptors (Lipinski definition) is 6. The molecule has 21 heavy (non-hydrogen) atoms. The van der Waals surface area contributed by atoms with E-state index in [4.69, 9.17) is 21.4 Å². The molecule has 0 aliphatic carbocycles. The maximum atomic E-state index is 12.4. The second-order valence-corrected chi connectivity index (χ2v) is 5.95. The number of rotatable bonds is 2. The van der Waals surface area contributed by atoms with E-state index in [1.165, 1.54) is 19.4 Å². The van der Waals surface area contributed by atoms with Gasteiger partial charge in [0.1, 0.15) is 21.9 Å². The second kappa shape index (κ2) is 5.34. The molecule has 0 spiro atoms. The Morgan fingerprint density at radius 1 is 1.38 bits per heavy atom. The van der Waals surface area contributed by atoms with Gasteiger partial charge in [0.2, 0.25) is 0 Å². The third-order valence-corrected chi connectivity index (χ3v) is 4.10. The van der Waals surface area contributed by atoms with Gasteiger partial charge in [-0.2, -0.15) is 0 Å². The monoisotopic (exact) mass is 319 g/mol. The Bertz CT molecular complexity index is 854. The van der Waals surface area contributed by atoms with Crippen molar-refractivity contribution in [2.24, 2.45) is 0 Å². The van der Waals surface area contributed by atoms with Crippen molar-refractivity contribution >= 4 is 51.3 Å². The lowest BCUT2D eigenvalue weighted by molar-refractivity contribution is -0.115. The predicted molar refractivity (Wildman–Crippen MR) is 85.3 cm³/mol. The number of nitrogens with one attached hydrogen (secondary N) is 1. The number of benzene rings is 1. The Balaban J connectivity index is 2.11. The van der Waals surface area contributed by atoms with E-state index >= 15 is 0 Å². The molecule has 0 unspecified atom stereocenters. The van der Waals surface area contributed by atoms with Crippen LogP contribution in [-0.2, 0) is 4.79 Å². The maximum absolute atomic E-state index is 12.4. The van der Waals surface area contributed by atoms with Crippen LogP contribution >= 0.6 is 24.0 Å².